The first-order chi connectivity index (χ1) is 1.00. The number of halogens is 2. The van der Waals surface area contributed by atoms with Crippen molar-refractivity contribution in [3.05, 3.63) is 0 Å². The molecule has 0 aromatic carbocycles. The van der Waals surface area contributed by atoms with Gasteiger partial charge in [0.2, 0.25) is 0 Å². The van der Waals surface area contributed by atoms with Gasteiger partial charge in [-0.3, -0.25) is 0 Å². The fourth-order valence-electron chi connectivity index (χ4n) is 0. The van der Waals surface area contributed by atoms with Crippen molar-refractivity contribution in [2.24, 2.45) is 0 Å². The molecule has 28 valence electrons. The predicted octanol–water partition coefficient (Wildman–Crippen LogP) is -4.98. The quantitative estimate of drug-likeness (QED) is 0.230. The first kappa shape index (κ1) is 27.3. The van der Waals surface area contributed by atoms with Crippen molar-refractivity contribution in [1.29, 1.82) is 0 Å². The SMILES string of the molecule is Cl.P=S.[I-].[Li+]. The molecule has 0 amide bonds. The maximum Gasteiger partial charge on any atom is 1.00 e. The molecule has 0 bridgehead atoms. The molecule has 0 nitrogen and oxygen atoms in total. The molecule has 0 saturated carbocycles. The first-order valence-electron chi connectivity index (χ1n) is 0.204. The van der Waals surface area contributed by atoms with E-state index in [1.54, 1.807) is 0 Å². The number of hydrogen-bond donors (Lipinski definition) is 0. The van der Waals surface area contributed by atoms with E-state index in [1.807, 2.05) is 0 Å². The van der Waals surface area contributed by atoms with Gasteiger partial charge in [0.05, 0.1) is 0 Å². The van der Waals surface area contributed by atoms with Crippen molar-refractivity contribution in [2.75, 3.05) is 0 Å². The van der Waals surface area contributed by atoms with E-state index in [1.165, 1.54) is 0 Å². The van der Waals surface area contributed by atoms with E-state index in [9.17, 15) is 0 Å². The second-order valence-corrected chi connectivity index (χ2v) is 0. The molecule has 0 saturated heterocycles. The summed E-state index contributed by atoms with van der Waals surface area (Å²) < 4.78 is 0. The predicted molar refractivity (Wildman–Crippen MR) is 22.9 cm³/mol. The van der Waals surface area contributed by atoms with Crippen LogP contribution >= 0.6 is 20.4 Å². The molecular formula is H2ClILiPS. The van der Waals surface area contributed by atoms with Gasteiger partial charge in [-0.1, -0.05) is 11.8 Å². The van der Waals surface area contributed by atoms with Gasteiger partial charge >= 0.3 is 18.9 Å². The van der Waals surface area contributed by atoms with Crippen LogP contribution in [0.3, 0.4) is 0 Å². The van der Waals surface area contributed by atoms with Crippen LogP contribution < -0.4 is 42.8 Å². The molecule has 0 aliphatic rings. The van der Waals surface area contributed by atoms with Crippen molar-refractivity contribution < 1.29 is 42.8 Å². The Balaban J connectivity index is -0.00000000167. The van der Waals surface area contributed by atoms with Crippen LogP contribution in [0.5, 0.6) is 0 Å². The summed E-state index contributed by atoms with van der Waals surface area (Å²) in [6.45, 7) is 0. The van der Waals surface area contributed by atoms with E-state index in [0.29, 0.717) is 0 Å². The normalized spacial score (nSPS) is 0.800. The summed E-state index contributed by atoms with van der Waals surface area (Å²) in [6.07, 6.45) is 0. The smallest absolute Gasteiger partial charge is 1.00 e. The molecule has 0 atom stereocenters. The van der Waals surface area contributed by atoms with Gasteiger partial charge in [-0.2, -0.15) is 0 Å². The molecule has 0 heterocycles. The van der Waals surface area contributed by atoms with Gasteiger partial charge in [0.25, 0.3) is 0 Å². The summed E-state index contributed by atoms with van der Waals surface area (Å²) in [6, 6.07) is 0. The summed E-state index contributed by atoms with van der Waals surface area (Å²) in [5.41, 5.74) is 0. The first-order valence-corrected chi connectivity index (χ1v) is 1.84. The van der Waals surface area contributed by atoms with Gasteiger partial charge < -0.3 is 24.0 Å². The molecule has 0 N–H and O–H groups in total. The van der Waals surface area contributed by atoms with E-state index in [2.05, 4.69) is 19.8 Å². The molecule has 0 aliphatic carbocycles. The van der Waals surface area contributed by atoms with Crippen molar-refractivity contribution in [3.63, 3.8) is 0 Å². The minimum absolute atomic E-state index is 0. The van der Waals surface area contributed by atoms with Crippen molar-refractivity contribution >= 4 is 32.2 Å². The molecular weight excluding hydrogens is 232 g/mol. The Morgan fingerprint density at radius 1 is 1.20 bits per heavy atom. The minimum Gasteiger partial charge on any atom is -1.00 e. The maximum atomic E-state index is 3.89. The van der Waals surface area contributed by atoms with E-state index in [-0.39, 0.29) is 55.2 Å². The van der Waals surface area contributed by atoms with Gasteiger partial charge in [0, 0.05) is 0 Å². The van der Waals surface area contributed by atoms with Crippen LogP contribution in [0, 0.1) is 0 Å². The van der Waals surface area contributed by atoms with Gasteiger partial charge in [0.15, 0.2) is 0 Å². The Morgan fingerprint density at radius 2 is 1.20 bits per heavy atom. The van der Waals surface area contributed by atoms with Crippen LogP contribution in [0.4, 0.5) is 0 Å². The zero-order chi connectivity index (χ0) is 2.00. The molecule has 0 spiro atoms. The van der Waals surface area contributed by atoms with Crippen LogP contribution in [0.25, 0.3) is 0 Å². The Bertz CT molecular complexity index is 11.6. The second kappa shape index (κ2) is 35.5. The standard InChI is InChI=1S/ClH.HI.Li.HPS/c;;;1-2/h2*1H;;1H/q;;+1;/p-1. The molecule has 0 fully saturated rings. The summed E-state index contributed by atoms with van der Waals surface area (Å²) in [5.74, 6) is 0. The third kappa shape index (κ3) is 23.0. The molecule has 0 rings (SSSR count). The van der Waals surface area contributed by atoms with Gasteiger partial charge in [0.1, 0.15) is 0 Å². The van der Waals surface area contributed by atoms with Crippen LogP contribution in [0.2, 0.25) is 0 Å². The zero-order valence-electron chi connectivity index (χ0n) is 2.69. The van der Waals surface area contributed by atoms with Gasteiger partial charge in [-0.25, -0.2) is 0 Å². The van der Waals surface area contributed by atoms with Crippen molar-refractivity contribution in [3.8, 4) is 0 Å². The number of hydrogen-bond acceptors (Lipinski definition) is 1. The zero-order valence-corrected chi connectivity index (χ0v) is 7.48. The summed E-state index contributed by atoms with van der Waals surface area (Å²) in [4.78, 5) is 0. The van der Waals surface area contributed by atoms with Crippen molar-refractivity contribution in [1.82, 2.24) is 0 Å². The monoisotopic (exact) mass is 234 g/mol. The maximum absolute atomic E-state index is 3.89. The van der Waals surface area contributed by atoms with Crippen molar-refractivity contribution in [2.45, 2.75) is 0 Å². The van der Waals surface area contributed by atoms with E-state index >= 15 is 0 Å². The average Bonchev–Trinajstić information content (AvgIpc) is 1.00. The van der Waals surface area contributed by atoms with Crippen LogP contribution in [-0.4, -0.2) is 0 Å². The largest absolute Gasteiger partial charge is 1.00 e. The van der Waals surface area contributed by atoms with E-state index < -0.39 is 0 Å². The minimum atomic E-state index is 0. The second-order valence-electron chi connectivity index (χ2n) is 0. The molecule has 0 unspecified atom stereocenters. The van der Waals surface area contributed by atoms with Crippen LogP contribution in [-0.2, 0) is 11.8 Å². The molecule has 5 heteroatoms. The molecule has 0 radical (unpaired) electrons. The van der Waals surface area contributed by atoms with E-state index in [0.717, 1.165) is 0 Å². The third-order valence-corrected chi connectivity index (χ3v) is 0. The fourth-order valence-corrected chi connectivity index (χ4v) is 0. The van der Waals surface area contributed by atoms with Crippen LogP contribution in [0.1, 0.15) is 0 Å². The third-order valence-electron chi connectivity index (χ3n) is 0. The van der Waals surface area contributed by atoms with Gasteiger partial charge in [-0.15, -0.1) is 12.4 Å². The Morgan fingerprint density at radius 3 is 1.20 bits per heavy atom. The number of rotatable bonds is 0. The average molecular weight is 234 g/mol. The summed E-state index contributed by atoms with van der Waals surface area (Å²) in [7, 11) is 2.56. The Labute approximate surface area is 74.3 Å². The molecule has 0 aromatic heterocycles. The Hall–Kier alpha value is 2.14. The Kier molecular flexibility index (Phi) is 194. The van der Waals surface area contributed by atoms with Gasteiger partial charge in [-0.05, 0) is 8.02 Å². The van der Waals surface area contributed by atoms with Crippen LogP contribution in [0.15, 0.2) is 0 Å². The molecule has 0 aromatic rings. The van der Waals surface area contributed by atoms with E-state index in [4.69, 9.17) is 0 Å². The summed E-state index contributed by atoms with van der Waals surface area (Å²) in [5, 5.41) is 0. The topological polar surface area (TPSA) is 0 Å². The summed E-state index contributed by atoms with van der Waals surface area (Å²) >= 11 is 3.89. The fraction of sp³-hybridized carbons (Fsp3) is 0. The molecule has 0 aliphatic heterocycles. The molecule has 5 heavy (non-hydrogen) atoms.